The van der Waals surface area contributed by atoms with Gasteiger partial charge in [0.1, 0.15) is 0 Å². The Kier molecular flexibility index (Phi) is 52.7. The minimum Gasteiger partial charge on any atom is -0.0973 e. The molecule has 0 spiro atoms. The van der Waals surface area contributed by atoms with Crippen LogP contribution in [0.1, 0.15) is 67.7 Å². The second kappa shape index (κ2) is 29.6. The Hall–Kier alpha value is 0.0900. The lowest BCUT2D eigenvalue weighted by Gasteiger charge is -2.04. The summed E-state index contributed by atoms with van der Waals surface area (Å²) in [6.45, 7) is 10.8. The summed E-state index contributed by atoms with van der Waals surface area (Å²) >= 11 is 3.83. The van der Waals surface area contributed by atoms with Gasteiger partial charge in [0.15, 0.2) is 0 Å². The topological polar surface area (TPSA) is 0 Å². The van der Waals surface area contributed by atoms with Gasteiger partial charge in [0, 0.05) is 0 Å². The van der Waals surface area contributed by atoms with E-state index < -0.39 is 0 Å². The summed E-state index contributed by atoms with van der Waals surface area (Å²) in [6, 6.07) is 0. The summed E-state index contributed by atoms with van der Waals surface area (Å²) in [7, 11) is 0. The van der Waals surface area contributed by atoms with Gasteiger partial charge in [0.2, 0.25) is 0 Å². The molecule has 1 heteroatoms. The fourth-order valence-corrected chi connectivity index (χ4v) is 0.757. The summed E-state index contributed by atoms with van der Waals surface area (Å²) < 4.78 is 0. The van der Waals surface area contributed by atoms with E-state index in [1.54, 1.807) is 0 Å². The predicted molar refractivity (Wildman–Crippen MR) is 71.8 cm³/mol. The molecule has 13 heavy (non-hydrogen) atoms. The second-order valence-corrected chi connectivity index (χ2v) is 2.66. The molecule has 0 fully saturated rings. The summed E-state index contributed by atoms with van der Waals surface area (Å²) in [4.78, 5) is 0. The lowest BCUT2D eigenvalue weighted by Crippen LogP contribution is -1.89. The van der Waals surface area contributed by atoms with Gasteiger partial charge in [-0.3, -0.25) is 0 Å². The lowest BCUT2D eigenvalue weighted by molar-refractivity contribution is 0.492. The molecule has 84 valence electrons. The molecule has 0 aromatic rings. The molecule has 0 saturated heterocycles. The standard InChI is InChI=1S/C8H18.C2H6.CH2S.CH4/c1-4-6-7-8(3)5-2;2*1-2;/h8H,4-7H2,1-3H3;1-2H3;1H2;1H4. The highest BCUT2D eigenvalue weighted by atomic mass is 32.1. The molecule has 0 saturated carbocycles. The number of hydrogen-bond acceptors (Lipinski definition) is 1. The molecule has 0 heterocycles. The predicted octanol–water partition coefficient (Wildman–Crippen LogP) is 5.50. The molecule has 0 N–H and O–H groups in total. The Morgan fingerprint density at radius 1 is 1.15 bits per heavy atom. The van der Waals surface area contributed by atoms with E-state index in [-0.39, 0.29) is 7.43 Å². The quantitative estimate of drug-likeness (QED) is 0.547. The van der Waals surface area contributed by atoms with Crippen molar-refractivity contribution in [1.82, 2.24) is 0 Å². The van der Waals surface area contributed by atoms with Crippen molar-refractivity contribution in [1.29, 1.82) is 0 Å². The van der Waals surface area contributed by atoms with Crippen LogP contribution in [0.5, 0.6) is 0 Å². The summed E-state index contributed by atoms with van der Waals surface area (Å²) in [5.41, 5.74) is 0. The monoisotopic (exact) mass is 206 g/mol. The minimum absolute atomic E-state index is 0. The molecule has 0 amide bonds. The van der Waals surface area contributed by atoms with Crippen LogP contribution in [0.4, 0.5) is 0 Å². The van der Waals surface area contributed by atoms with E-state index in [9.17, 15) is 0 Å². The first-order valence-electron chi connectivity index (χ1n) is 5.10. The Bertz CT molecular complexity index is 53.1. The van der Waals surface area contributed by atoms with Crippen LogP contribution < -0.4 is 0 Å². The number of rotatable bonds is 4. The molecule has 1 atom stereocenters. The molecule has 1 unspecified atom stereocenters. The van der Waals surface area contributed by atoms with Crippen LogP contribution in [0, 0.1) is 5.92 Å². The third-order valence-electron chi connectivity index (χ3n) is 1.75. The van der Waals surface area contributed by atoms with Gasteiger partial charge in [0.05, 0.1) is 0 Å². The van der Waals surface area contributed by atoms with Gasteiger partial charge < -0.3 is 0 Å². The lowest BCUT2D eigenvalue weighted by atomic mass is 10.0. The van der Waals surface area contributed by atoms with E-state index >= 15 is 0 Å². The molecule has 0 aromatic carbocycles. The van der Waals surface area contributed by atoms with Crippen molar-refractivity contribution < 1.29 is 0 Å². The van der Waals surface area contributed by atoms with Crippen LogP contribution >= 0.6 is 12.2 Å². The molecule has 0 nitrogen and oxygen atoms in total. The average Bonchev–Trinajstić information content (AvgIpc) is 2.20. The van der Waals surface area contributed by atoms with Gasteiger partial charge in [-0.1, -0.05) is 79.9 Å². The summed E-state index contributed by atoms with van der Waals surface area (Å²) in [6.07, 6.45) is 5.53. The second-order valence-electron chi connectivity index (χ2n) is 2.66. The van der Waals surface area contributed by atoms with Crippen LogP contribution in [0.2, 0.25) is 0 Å². The first-order valence-corrected chi connectivity index (χ1v) is 5.67. The molecule has 0 aliphatic heterocycles. The average molecular weight is 206 g/mol. The smallest absolute Gasteiger partial charge is 0.0351 e. The molecule has 0 rings (SSSR count). The molecular formula is C12H30S. The zero-order valence-corrected chi connectivity index (χ0v) is 10.3. The van der Waals surface area contributed by atoms with E-state index in [0.29, 0.717) is 0 Å². The zero-order chi connectivity index (χ0) is 10.4. The minimum atomic E-state index is 0. The highest BCUT2D eigenvalue weighted by molar-refractivity contribution is 7.77. The van der Waals surface area contributed by atoms with Crippen molar-refractivity contribution in [2.45, 2.75) is 67.7 Å². The van der Waals surface area contributed by atoms with Crippen molar-refractivity contribution in [3.05, 3.63) is 0 Å². The van der Waals surface area contributed by atoms with Crippen LogP contribution in [-0.2, 0) is 0 Å². The number of thiocarbonyl (C=S) groups is 1. The van der Waals surface area contributed by atoms with Gasteiger partial charge in [-0.2, -0.15) is 0 Å². The van der Waals surface area contributed by atoms with E-state index in [0.717, 1.165) is 5.92 Å². The van der Waals surface area contributed by atoms with Crippen LogP contribution in [0.15, 0.2) is 0 Å². The molecule has 0 aliphatic rings. The number of hydrogen-bond donors (Lipinski definition) is 0. The van der Waals surface area contributed by atoms with Crippen molar-refractivity contribution in [2.24, 2.45) is 5.92 Å². The van der Waals surface area contributed by atoms with Crippen LogP contribution in [0.3, 0.4) is 0 Å². The Balaban J connectivity index is -0.0000000712. The normalized spacial score (nSPS) is 9.31. The third-order valence-corrected chi connectivity index (χ3v) is 1.75. The van der Waals surface area contributed by atoms with Crippen LogP contribution in [0.25, 0.3) is 0 Å². The van der Waals surface area contributed by atoms with Crippen molar-refractivity contribution in [2.75, 3.05) is 0 Å². The van der Waals surface area contributed by atoms with Crippen molar-refractivity contribution in [3.63, 3.8) is 0 Å². The maximum atomic E-state index is 3.83. The highest BCUT2D eigenvalue weighted by Crippen LogP contribution is 2.09. The number of unbranched alkanes of at least 4 members (excludes halogenated alkanes) is 1. The van der Waals surface area contributed by atoms with E-state index in [4.69, 9.17) is 0 Å². The van der Waals surface area contributed by atoms with Gasteiger partial charge in [-0.15, -0.1) is 0 Å². The zero-order valence-electron chi connectivity index (χ0n) is 9.52. The molecule has 0 aromatic heterocycles. The summed E-state index contributed by atoms with van der Waals surface area (Å²) in [5.74, 6) is 3.79. The molecule has 0 aliphatic carbocycles. The van der Waals surface area contributed by atoms with E-state index in [1.807, 2.05) is 13.8 Å². The van der Waals surface area contributed by atoms with E-state index in [2.05, 4.69) is 38.9 Å². The van der Waals surface area contributed by atoms with E-state index in [1.165, 1.54) is 25.7 Å². The Labute approximate surface area is 92.1 Å². The summed E-state index contributed by atoms with van der Waals surface area (Å²) in [5, 5.41) is 0. The first kappa shape index (κ1) is 23.2. The van der Waals surface area contributed by atoms with Gasteiger partial charge in [0.25, 0.3) is 0 Å². The van der Waals surface area contributed by atoms with Crippen molar-refractivity contribution >= 4 is 18.1 Å². The fourth-order valence-electron chi connectivity index (χ4n) is 0.757. The maximum Gasteiger partial charge on any atom is -0.0351 e. The van der Waals surface area contributed by atoms with Gasteiger partial charge in [-0.25, -0.2) is 0 Å². The molecular weight excluding hydrogens is 176 g/mol. The Morgan fingerprint density at radius 2 is 1.54 bits per heavy atom. The molecule has 0 bridgehead atoms. The molecule has 0 radical (unpaired) electrons. The third kappa shape index (κ3) is 33.2. The Morgan fingerprint density at radius 3 is 1.77 bits per heavy atom. The van der Waals surface area contributed by atoms with Crippen LogP contribution in [-0.4, -0.2) is 5.87 Å². The highest BCUT2D eigenvalue weighted by Gasteiger charge is 1.94. The maximum absolute atomic E-state index is 3.83. The fraction of sp³-hybridized carbons (Fsp3) is 0.917. The van der Waals surface area contributed by atoms with Crippen molar-refractivity contribution in [3.8, 4) is 0 Å². The first-order chi connectivity index (χ1) is 5.81. The SMILES string of the molecule is C.C=S.CC.CCCCC(C)CC. The van der Waals surface area contributed by atoms with Gasteiger partial charge >= 0.3 is 0 Å². The largest absolute Gasteiger partial charge is 0.0973 e. The van der Waals surface area contributed by atoms with Gasteiger partial charge in [-0.05, 0) is 11.8 Å².